The van der Waals surface area contributed by atoms with E-state index in [4.69, 9.17) is 0 Å². The van der Waals surface area contributed by atoms with Crippen LogP contribution in [-0.4, -0.2) is 10.8 Å². The fourth-order valence-electron chi connectivity index (χ4n) is 2.97. The number of pyridine rings is 1. The molecule has 0 saturated heterocycles. The van der Waals surface area contributed by atoms with Gasteiger partial charge in [0.1, 0.15) is 0 Å². The van der Waals surface area contributed by atoms with E-state index in [9.17, 15) is 4.79 Å². The van der Waals surface area contributed by atoms with Gasteiger partial charge in [0.05, 0.1) is 5.52 Å². The molecule has 3 heteroatoms. The third-order valence-corrected chi connectivity index (χ3v) is 4.25. The van der Waals surface area contributed by atoms with Crippen LogP contribution < -0.4 is 0 Å². The maximum absolute atomic E-state index is 12.5. The van der Waals surface area contributed by atoms with Gasteiger partial charge in [0.25, 0.3) is 0 Å². The van der Waals surface area contributed by atoms with Gasteiger partial charge in [-0.2, -0.15) is 0 Å². The van der Waals surface area contributed by atoms with Crippen LogP contribution in [0.1, 0.15) is 21.6 Å². The van der Waals surface area contributed by atoms with E-state index in [1.54, 1.807) is 6.08 Å². The Hall–Kier alpha value is -1.44. The van der Waals surface area contributed by atoms with Crippen molar-refractivity contribution >= 4 is 16.7 Å². The Balaban J connectivity index is 0.000000379. The van der Waals surface area contributed by atoms with E-state index in [-0.39, 0.29) is 22.9 Å². The van der Waals surface area contributed by atoms with Gasteiger partial charge < -0.3 is 0 Å². The number of rotatable bonds is 3. The van der Waals surface area contributed by atoms with Gasteiger partial charge in [-0.1, -0.05) is 24.3 Å². The standard InChI is InChI=1S/C19H16NO.C5H5.Fe/c1-13-16-9-5-6-10-17(16)20-14(2)19(13)18(21)12-11-15-7-3-4-8-15;1-2-4-5-3-1;/h3-12H,1-2H3;1-5H;/q;;+2/b12-11+;;. The van der Waals surface area contributed by atoms with Crippen LogP contribution in [0.3, 0.4) is 0 Å². The number of hydrogen-bond donors (Lipinski definition) is 0. The van der Waals surface area contributed by atoms with Gasteiger partial charge in [0, 0.05) is 22.6 Å². The molecule has 2 aromatic rings. The maximum atomic E-state index is 12.5. The third kappa shape index (κ3) is 5.77. The van der Waals surface area contributed by atoms with Crippen molar-refractivity contribution in [1.82, 2.24) is 4.98 Å². The first-order valence-electron chi connectivity index (χ1n) is 8.63. The Morgan fingerprint density at radius 2 is 1.48 bits per heavy atom. The summed E-state index contributed by atoms with van der Waals surface area (Å²) in [6.45, 7) is 3.88. The summed E-state index contributed by atoms with van der Waals surface area (Å²) in [7, 11) is 0. The molecule has 10 radical (unpaired) electrons. The topological polar surface area (TPSA) is 30.0 Å². The number of carbonyl (C=O) groups is 1. The largest absolute Gasteiger partial charge is 2.00 e. The van der Waals surface area contributed by atoms with Gasteiger partial charge >= 0.3 is 17.1 Å². The number of aryl methyl sites for hydroxylation is 2. The molecule has 2 fully saturated rings. The minimum absolute atomic E-state index is 0. The molecule has 134 valence electrons. The zero-order chi connectivity index (χ0) is 18.4. The summed E-state index contributed by atoms with van der Waals surface area (Å²) in [6, 6.07) is 7.92. The normalized spacial score (nSPS) is 17.0. The third-order valence-electron chi connectivity index (χ3n) is 4.25. The first-order chi connectivity index (χ1) is 12.7. The second-order valence-corrected chi connectivity index (χ2v) is 6.09. The minimum atomic E-state index is 0. The molecule has 2 aliphatic rings. The number of nitrogens with zero attached hydrogens (tertiary/aromatic N) is 1. The Morgan fingerprint density at radius 3 is 2.11 bits per heavy atom. The molecule has 1 aromatic heterocycles. The van der Waals surface area contributed by atoms with E-state index in [0.29, 0.717) is 5.56 Å². The van der Waals surface area contributed by atoms with Crippen molar-refractivity contribution in [1.29, 1.82) is 0 Å². The van der Waals surface area contributed by atoms with Crippen molar-refractivity contribution in [3.05, 3.63) is 117 Å². The molecule has 0 spiro atoms. The number of para-hydroxylation sites is 1. The van der Waals surface area contributed by atoms with Crippen molar-refractivity contribution in [2.45, 2.75) is 13.8 Å². The summed E-state index contributed by atoms with van der Waals surface area (Å²) in [4.78, 5) is 17.0. The van der Waals surface area contributed by atoms with E-state index in [0.717, 1.165) is 28.1 Å². The fourth-order valence-corrected chi connectivity index (χ4v) is 2.97. The summed E-state index contributed by atoms with van der Waals surface area (Å²) in [5, 5.41) is 1.04. The molecule has 27 heavy (non-hydrogen) atoms. The van der Waals surface area contributed by atoms with Crippen molar-refractivity contribution in [2.75, 3.05) is 0 Å². The molecule has 2 saturated carbocycles. The molecule has 0 amide bonds. The van der Waals surface area contributed by atoms with Gasteiger partial charge in [-0.25, -0.2) is 0 Å². The second kappa shape index (κ2) is 10.8. The van der Waals surface area contributed by atoms with E-state index in [1.165, 1.54) is 0 Å². The average Bonchev–Trinajstić information content (AvgIpc) is 3.36. The van der Waals surface area contributed by atoms with Crippen LogP contribution >= 0.6 is 0 Å². The van der Waals surface area contributed by atoms with Crippen LogP contribution in [-0.2, 0) is 17.1 Å². The monoisotopic (exact) mass is 395 g/mol. The molecule has 0 unspecified atom stereocenters. The smallest absolute Gasteiger partial charge is 0.289 e. The van der Waals surface area contributed by atoms with Crippen molar-refractivity contribution in [3.63, 3.8) is 0 Å². The first-order valence-corrected chi connectivity index (χ1v) is 8.63. The number of hydrogen-bond acceptors (Lipinski definition) is 2. The van der Waals surface area contributed by atoms with Gasteiger partial charge in [0.15, 0.2) is 5.78 Å². The molecule has 4 rings (SSSR count). The summed E-state index contributed by atoms with van der Waals surface area (Å²) in [5.41, 5.74) is 3.42. The Labute approximate surface area is 174 Å². The molecule has 0 bridgehead atoms. The first kappa shape index (κ1) is 21.9. The summed E-state index contributed by atoms with van der Waals surface area (Å²) in [5.74, 6) is 1.04. The van der Waals surface area contributed by atoms with Gasteiger partial charge in [-0.15, -0.1) is 0 Å². The van der Waals surface area contributed by atoms with Crippen LogP contribution in [0.15, 0.2) is 36.4 Å². The van der Waals surface area contributed by atoms with Crippen LogP contribution in [0.25, 0.3) is 10.9 Å². The Morgan fingerprint density at radius 1 is 0.889 bits per heavy atom. The molecule has 1 heterocycles. The van der Waals surface area contributed by atoms with Crippen LogP contribution in [0.2, 0.25) is 0 Å². The number of aromatic nitrogens is 1. The number of fused-ring (bicyclic) bond motifs is 1. The number of carbonyl (C=O) groups excluding carboxylic acids is 1. The zero-order valence-corrected chi connectivity index (χ0v) is 16.5. The second-order valence-electron chi connectivity index (χ2n) is 6.09. The van der Waals surface area contributed by atoms with Crippen LogP contribution in [0, 0.1) is 77.6 Å². The molecule has 2 nitrogen and oxygen atoms in total. The molecular formula is C24H21FeNO+2. The number of allylic oxidation sites excluding steroid dienone is 2. The van der Waals surface area contributed by atoms with Crippen molar-refractivity contribution < 1.29 is 21.9 Å². The number of benzene rings is 1. The Kier molecular flexibility index (Phi) is 8.73. The molecule has 0 aliphatic heterocycles. The van der Waals surface area contributed by atoms with Gasteiger partial charge in [-0.3, -0.25) is 9.78 Å². The predicted molar refractivity (Wildman–Crippen MR) is 107 cm³/mol. The zero-order valence-electron chi connectivity index (χ0n) is 15.4. The van der Waals surface area contributed by atoms with E-state index in [2.05, 4.69) is 4.98 Å². The molecule has 0 atom stereocenters. The predicted octanol–water partition coefficient (Wildman–Crippen LogP) is 5.01. The van der Waals surface area contributed by atoms with Crippen molar-refractivity contribution in [3.8, 4) is 0 Å². The molecular weight excluding hydrogens is 374 g/mol. The fraction of sp³-hybridized carbons (Fsp3) is 0.0833. The van der Waals surface area contributed by atoms with Gasteiger partial charge in [-0.05, 0) is 89.3 Å². The van der Waals surface area contributed by atoms with E-state index >= 15 is 0 Å². The molecule has 2 aliphatic carbocycles. The number of ketones is 1. The maximum Gasteiger partial charge on any atom is 2.00 e. The van der Waals surface area contributed by atoms with Crippen LogP contribution in [0.5, 0.6) is 0 Å². The average molecular weight is 395 g/mol. The molecule has 1 aromatic carbocycles. The van der Waals surface area contributed by atoms with E-state index in [1.807, 2.05) is 102 Å². The van der Waals surface area contributed by atoms with Crippen LogP contribution in [0.4, 0.5) is 0 Å². The van der Waals surface area contributed by atoms with Crippen molar-refractivity contribution in [2.24, 2.45) is 0 Å². The SMILES string of the molecule is Cc1nc2ccccc2c(C)c1C(=O)/C=C/[C]1[CH][CH][CH][CH]1.[CH]1[CH][CH][CH][CH]1.[Fe+2]. The quantitative estimate of drug-likeness (QED) is 0.415. The summed E-state index contributed by atoms with van der Waals surface area (Å²) < 4.78 is 0. The van der Waals surface area contributed by atoms with Gasteiger partial charge in [0.2, 0.25) is 0 Å². The Bertz CT molecular complexity index is 779. The summed E-state index contributed by atoms with van der Waals surface area (Å²) in [6.07, 6.45) is 21.3. The minimum Gasteiger partial charge on any atom is -0.289 e. The van der Waals surface area contributed by atoms with E-state index < -0.39 is 0 Å². The summed E-state index contributed by atoms with van der Waals surface area (Å²) >= 11 is 0. The molecule has 0 N–H and O–H groups in total.